The van der Waals surface area contributed by atoms with Gasteiger partial charge in [-0.15, -0.1) is 0 Å². The minimum absolute atomic E-state index is 0.333. The maximum Gasteiger partial charge on any atom is 0.404 e. The number of aromatic amines is 1. The van der Waals surface area contributed by atoms with E-state index in [0.717, 1.165) is 30.3 Å². The molecule has 1 aliphatic rings. The number of hydrogen-bond donors (Lipinski definition) is 4. The SMILES string of the molecule is O=C(O)NCCCNC1CCCc2c1[nH]c1ccc(Br)cc21. The van der Waals surface area contributed by atoms with Crippen molar-refractivity contribution >= 4 is 32.9 Å². The summed E-state index contributed by atoms with van der Waals surface area (Å²) in [6.07, 6.45) is 3.25. The number of aryl methyl sites for hydroxylation is 1. The molecule has 2 aromatic rings. The van der Waals surface area contributed by atoms with Crippen LogP contribution in [0.2, 0.25) is 0 Å². The van der Waals surface area contributed by atoms with Crippen LogP contribution >= 0.6 is 15.9 Å². The first-order valence-electron chi connectivity index (χ1n) is 7.65. The van der Waals surface area contributed by atoms with Gasteiger partial charge in [0, 0.05) is 33.7 Å². The van der Waals surface area contributed by atoms with Crippen LogP contribution in [0.3, 0.4) is 0 Å². The first-order chi connectivity index (χ1) is 10.6. The smallest absolute Gasteiger partial charge is 0.404 e. The van der Waals surface area contributed by atoms with Crippen molar-refractivity contribution in [2.45, 2.75) is 31.7 Å². The van der Waals surface area contributed by atoms with Crippen molar-refractivity contribution in [2.75, 3.05) is 13.1 Å². The fraction of sp³-hybridized carbons (Fsp3) is 0.438. The second-order valence-corrected chi connectivity index (χ2v) is 6.61. The van der Waals surface area contributed by atoms with Crippen molar-refractivity contribution in [3.63, 3.8) is 0 Å². The van der Waals surface area contributed by atoms with Crippen molar-refractivity contribution < 1.29 is 9.90 Å². The first-order valence-corrected chi connectivity index (χ1v) is 8.44. The Kier molecular flexibility index (Phi) is 4.69. The summed E-state index contributed by atoms with van der Waals surface area (Å²) in [4.78, 5) is 14.0. The van der Waals surface area contributed by atoms with Crippen LogP contribution in [0.4, 0.5) is 4.79 Å². The summed E-state index contributed by atoms with van der Waals surface area (Å²) in [5, 5.41) is 15.8. The Hall–Kier alpha value is -1.53. The zero-order chi connectivity index (χ0) is 15.5. The van der Waals surface area contributed by atoms with Gasteiger partial charge in [0.1, 0.15) is 0 Å². The predicted octanol–water partition coefficient (Wildman–Crippen LogP) is 3.56. The van der Waals surface area contributed by atoms with Gasteiger partial charge in [-0.3, -0.25) is 0 Å². The van der Waals surface area contributed by atoms with Crippen molar-refractivity contribution in [3.05, 3.63) is 33.9 Å². The Morgan fingerprint density at radius 3 is 3.09 bits per heavy atom. The average Bonchev–Trinajstić information content (AvgIpc) is 2.85. The van der Waals surface area contributed by atoms with E-state index in [1.807, 2.05) is 0 Å². The van der Waals surface area contributed by atoms with Crippen molar-refractivity contribution in [1.29, 1.82) is 0 Å². The van der Waals surface area contributed by atoms with E-state index in [4.69, 9.17) is 5.11 Å². The number of fused-ring (bicyclic) bond motifs is 3. The van der Waals surface area contributed by atoms with Gasteiger partial charge in [0.2, 0.25) is 0 Å². The minimum Gasteiger partial charge on any atom is -0.465 e. The van der Waals surface area contributed by atoms with E-state index in [9.17, 15) is 4.79 Å². The van der Waals surface area contributed by atoms with Gasteiger partial charge in [-0.05, 0) is 56.0 Å². The summed E-state index contributed by atoms with van der Waals surface area (Å²) in [5.74, 6) is 0. The number of halogens is 1. The Morgan fingerprint density at radius 1 is 1.41 bits per heavy atom. The molecule has 0 bridgehead atoms. The lowest BCUT2D eigenvalue weighted by Gasteiger charge is -2.24. The molecular weight excluding hydrogens is 346 g/mol. The molecule has 1 aliphatic carbocycles. The predicted molar refractivity (Wildman–Crippen MR) is 90.3 cm³/mol. The van der Waals surface area contributed by atoms with E-state index in [2.05, 4.69) is 49.7 Å². The second kappa shape index (κ2) is 6.71. The average molecular weight is 366 g/mol. The van der Waals surface area contributed by atoms with E-state index in [1.54, 1.807) is 0 Å². The lowest BCUT2D eigenvalue weighted by Crippen LogP contribution is -2.29. The molecule has 0 spiro atoms. The lowest BCUT2D eigenvalue weighted by molar-refractivity contribution is 0.194. The second-order valence-electron chi connectivity index (χ2n) is 5.69. The monoisotopic (exact) mass is 365 g/mol. The molecule has 6 heteroatoms. The number of carboxylic acid groups (broad SMARTS) is 1. The van der Waals surface area contributed by atoms with E-state index in [0.29, 0.717) is 12.6 Å². The highest BCUT2D eigenvalue weighted by Crippen LogP contribution is 2.35. The fourth-order valence-corrected chi connectivity index (χ4v) is 3.56. The first kappa shape index (κ1) is 15.4. The van der Waals surface area contributed by atoms with E-state index >= 15 is 0 Å². The fourth-order valence-electron chi connectivity index (χ4n) is 3.20. The van der Waals surface area contributed by atoms with Crippen LogP contribution in [0.15, 0.2) is 22.7 Å². The summed E-state index contributed by atoms with van der Waals surface area (Å²) < 4.78 is 1.11. The number of nitrogens with one attached hydrogen (secondary N) is 3. The number of benzene rings is 1. The van der Waals surface area contributed by atoms with Crippen LogP contribution in [0.5, 0.6) is 0 Å². The van der Waals surface area contributed by atoms with E-state index in [1.165, 1.54) is 28.6 Å². The Bertz CT molecular complexity index is 683. The van der Waals surface area contributed by atoms with Crippen molar-refractivity contribution in [3.8, 4) is 0 Å². The van der Waals surface area contributed by atoms with Gasteiger partial charge in [0.15, 0.2) is 0 Å². The maximum absolute atomic E-state index is 10.4. The summed E-state index contributed by atoms with van der Waals surface area (Å²) >= 11 is 3.55. The largest absolute Gasteiger partial charge is 0.465 e. The molecule has 0 aliphatic heterocycles. The molecule has 1 atom stereocenters. The third-order valence-corrected chi connectivity index (χ3v) is 4.68. The Morgan fingerprint density at radius 2 is 2.27 bits per heavy atom. The zero-order valence-electron chi connectivity index (χ0n) is 12.3. The highest BCUT2D eigenvalue weighted by atomic mass is 79.9. The van der Waals surface area contributed by atoms with Gasteiger partial charge in [-0.25, -0.2) is 4.79 Å². The van der Waals surface area contributed by atoms with E-state index < -0.39 is 6.09 Å². The number of hydrogen-bond acceptors (Lipinski definition) is 2. The Labute approximate surface area is 137 Å². The van der Waals surface area contributed by atoms with Crippen LogP contribution in [0.25, 0.3) is 10.9 Å². The summed E-state index contributed by atoms with van der Waals surface area (Å²) in [6.45, 7) is 1.30. The topological polar surface area (TPSA) is 77.2 Å². The lowest BCUT2D eigenvalue weighted by atomic mass is 9.91. The number of carbonyl (C=O) groups is 1. The summed E-state index contributed by atoms with van der Waals surface area (Å²) in [5.41, 5.74) is 3.91. The molecular formula is C16H20BrN3O2. The highest BCUT2D eigenvalue weighted by Gasteiger charge is 2.23. The summed E-state index contributed by atoms with van der Waals surface area (Å²) in [7, 11) is 0. The number of rotatable bonds is 5. The molecule has 1 aromatic carbocycles. The molecule has 1 aromatic heterocycles. The molecule has 4 N–H and O–H groups in total. The van der Waals surface area contributed by atoms with Gasteiger partial charge in [-0.2, -0.15) is 0 Å². The third kappa shape index (κ3) is 3.28. The van der Waals surface area contributed by atoms with Crippen molar-refractivity contribution in [1.82, 2.24) is 15.6 Å². The molecule has 1 unspecified atom stereocenters. The van der Waals surface area contributed by atoms with Gasteiger partial charge in [0.05, 0.1) is 0 Å². The highest BCUT2D eigenvalue weighted by molar-refractivity contribution is 9.10. The maximum atomic E-state index is 10.4. The minimum atomic E-state index is -0.957. The van der Waals surface area contributed by atoms with Crippen LogP contribution in [-0.4, -0.2) is 29.3 Å². The van der Waals surface area contributed by atoms with Gasteiger partial charge < -0.3 is 20.7 Å². The van der Waals surface area contributed by atoms with Crippen LogP contribution in [0.1, 0.15) is 36.6 Å². The molecule has 0 saturated carbocycles. The number of H-pyrrole nitrogens is 1. The molecule has 22 heavy (non-hydrogen) atoms. The molecule has 0 fully saturated rings. The van der Waals surface area contributed by atoms with Gasteiger partial charge in [-0.1, -0.05) is 15.9 Å². The molecule has 0 radical (unpaired) electrons. The van der Waals surface area contributed by atoms with Crippen LogP contribution in [0, 0.1) is 0 Å². The van der Waals surface area contributed by atoms with Crippen molar-refractivity contribution in [2.24, 2.45) is 0 Å². The Balaban J connectivity index is 1.69. The third-order valence-electron chi connectivity index (χ3n) is 4.19. The molecule has 1 amide bonds. The standard InChI is InChI=1S/C16H20BrN3O2/c17-10-5-6-13-12(9-10)11-3-1-4-14(15(11)20-13)18-7-2-8-19-16(21)22/h5-6,9,14,18-20H,1-4,7-8H2,(H,21,22). The molecule has 1 heterocycles. The quantitative estimate of drug-likeness (QED) is 0.611. The molecule has 3 rings (SSSR count). The molecule has 118 valence electrons. The van der Waals surface area contributed by atoms with Gasteiger partial charge >= 0.3 is 6.09 Å². The molecule has 0 saturated heterocycles. The van der Waals surface area contributed by atoms with Crippen LogP contribution < -0.4 is 10.6 Å². The molecule has 5 nitrogen and oxygen atoms in total. The normalized spacial score (nSPS) is 17.4. The number of amides is 1. The van der Waals surface area contributed by atoms with Gasteiger partial charge in [0.25, 0.3) is 0 Å². The summed E-state index contributed by atoms with van der Waals surface area (Å²) in [6, 6.07) is 6.69. The van der Waals surface area contributed by atoms with Crippen LogP contribution in [-0.2, 0) is 6.42 Å². The zero-order valence-corrected chi connectivity index (χ0v) is 13.9. The number of aromatic nitrogens is 1. The van der Waals surface area contributed by atoms with E-state index in [-0.39, 0.29) is 0 Å².